The molecule has 2 aliphatic carbocycles. The van der Waals surface area contributed by atoms with Crippen molar-refractivity contribution < 1.29 is 28.6 Å². The molecule has 0 radical (unpaired) electrons. The Balaban J connectivity index is 1.68. The molecule has 0 aromatic rings. The van der Waals surface area contributed by atoms with Crippen LogP contribution >= 0.6 is 0 Å². The highest BCUT2D eigenvalue weighted by Gasteiger charge is 2.60. The molecule has 1 heterocycles. The highest BCUT2D eigenvalue weighted by Crippen LogP contribution is 2.59. The maximum Gasteiger partial charge on any atom is 0.317 e. The van der Waals surface area contributed by atoms with E-state index in [0.29, 0.717) is 25.0 Å². The van der Waals surface area contributed by atoms with E-state index in [1.54, 1.807) is 6.92 Å². The van der Waals surface area contributed by atoms with Crippen LogP contribution in [-0.4, -0.2) is 37.7 Å². The first kappa shape index (κ1) is 17.4. The largest absolute Gasteiger partial charge is 0.463 e. The molecule has 6 heteroatoms. The maximum absolute atomic E-state index is 12.4. The minimum Gasteiger partial charge on any atom is -0.463 e. The van der Waals surface area contributed by atoms with E-state index in [-0.39, 0.29) is 30.3 Å². The van der Waals surface area contributed by atoms with Gasteiger partial charge in [-0.15, -0.1) is 0 Å². The van der Waals surface area contributed by atoms with Gasteiger partial charge in [-0.3, -0.25) is 14.4 Å². The van der Waals surface area contributed by atoms with Crippen LogP contribution in [0.2, 0.25) is 0 Å². The third-order valence-corrected chi connectivity index (χ3v) is 6.27. The Hall–Kier alpha value is -1.43. The number of carbonyl (C=O) groups is 3. The van der Waals surface area contributed by atoms with Crippen molar-refractivity contribution in [1.82, 2.24) is 0 Å². The van der Waals surface area contributed by atoms with Gasteiger partial charge in [-0.2, -0.15) is 0 Å². The maximum atomic E-state index is 12.4. The van der Waals surface area contributed by atoms with Crippen LogP contribution in [0.4, 0.5) is 0 Å². The van der Waals surface area contributed by atoms with Crippen molar-refractivity contribution in [3.05, 3.63) is 0 Å². The zero-order chi connectivity index (χ0) is 17.4. The van der Waals surface area contributed by atoms with E-state index >= 15 is 0 Å². The molecule has 7 unspecified atom stereocenters. The summed E-state index contributed by atoms with van der Waals surface area (Å²) in [5, 5.41) is 0. The standard InChI is InChI=1S/C18H26O6/c1-4-22-5-6-23-17(20)13-8-11-7-12(13)14(9(11)2)15-10(3)16(19)24-18(15)21/h9-15H,4-8H2,1-3H3. The molecule has 2 saturated carbocycles. The van der Waals surface area contributed by atoms with Crippen molar-refractivity contribution in [3.8, 4) is 0 Å². The van der Waals surface area contributed by atoms with Gasteiger partial charge in [0.1, 0.15) is 6.61 Å². The van der Waals surface area contributed by atoms with E-state index in [9.17, 15) is 14.4 Å². The number of ether oxygens (including phenoxy) is 3. The lowest BCUT2D eigenvalue weighted by Gasteiger charge is -2.36. The van der Waals surface area contributed by atoms with Gasteiger partial charge in [-0.25, -0.2) is 0 Å². The van der Waals surface area contributed by atoms with Crippen LogP contribution in [0.25, 0.3) is 0 Å². The van der Waals surface area contributed by atoms with Crippen molar-refractivity contribution in [2.75, 3.05) is 19.8 Å². The Morgan fingerprint density at radius 2 is 1.92 bits per heavy atom. The van der Waals surface area contributed by atoms with Gasteiger partial charge in [-0.1, -0.05) is 13.8 Å². The van der Waals surface area contributed by atoms with E-state index in [1.165, 1.54) is 0 Å². The van der Waals surface area contributed by atoms with Gasteiger partial charge in [0.2, 0.25) is 0 Å². The second-order valence-corrected chi connectivity index (χ2v) is 7.36. The van der Waals surface area contributed by atoms with Crippen LogP contribution in [0.5, 0.6) is 0 Å². The predicted octanol–water partition coefficient (Wildman–Crippen LogP) is 1.81. The minimum atomic E-state index is -0.434. The smallest absolute Gasteiger partial charge is 0.317 e. The van der Waals surface area contributed by atoms with Crippen molar-refractivity contribution >= 4 is 17.9 Å². The second-order valence-electron chi connectivity index (χ2n) is 7.36. The van der Waals surface area contributed by atoms with Crippen molar-refractivity contribution in [2.24, 2.45) is 41.4 Å². The Bertz CT molecular complexity index is 530. The van der Waals surface area contributed by atoms with E-state index < -0.39 is 23.8 Å². The fourth-order valence-corrected chi connectivity index (χ4v) is 5.09. The minimum absolute atomic E-state index is 0.0298. The Labute approximate surface area is 142 Å². The third-order valence-electron chi connectivity index (χ3n) is 6.27. The zero-order valence-corrected chi connectivity index (χ0v) is 14.5. The molecular formula is C18H26O6. The summed E-state index contributed by atoms with van der Waals surface area (Å²) in [6, 6.07) is 0. The van der Waals surface area contributed by atoms with Gasteiger partial charge in [-0.05, 0) is 43.4 Å². The molecule has 3 aliphatic rings. The van der Waals surface area contributed by atoms with E-state index in [4.69, 9.17) is 14.2 Å². The lowest BCUT2D eigenvalue weighted by atomic mass is 9.66. The molecule has 0 amide bonds. The highest BCUT2D eigenvalue weighted by atomic mass is 16.6. The van der Waals surface area contributed by atoms with Crippen LogP contribution in [0, 0.1) is 41.4 Å². The zero-order valence-electron chi connectivity index (χ0n) is 14.5. The van der Waals surface area contributed by atoms with Gasteiger partial charge in [0.05, 0.1) is 24.4 Å². The molecule has 6 nitrogen and oxygen atoms in total. The van der Waals surface area contributed by atoms with E-state index in [2.05, 4.69) is 6.92 Å². The number of rotatable bonds is 6. The Kier molecular flexibility index (Phi) is 4.95. The number of cyclic esters (lactones) is 2. The summed E-state index contributed by atoms with van der Waals surface area (Å²) in [4.78, 5) is 36.3. The van der Waals surface area contributed by atoms with Crippen LogP contribution in [0.3, 0.4) is 0 Å². The first-order valence-electron chi connectivity index (χ1n) is 8.95. The lowest BCUT2D eigenvalue weighted by molar-refractivity contribution is -0.157. The number of hydrogen-bond acceptors (Lipinski definition) is 6. The van der Waals surface area contributed by atoms with Crippen LogP contribution in [-0.2, 0) is 28.6 Å². The number of esters is 3. The molecule has 0 aromatic carbocycles. The fraction of sp³-hybridized carbons (Fsp3) is 0.833. The summed E-state index contributed by atoms with van der Waals surface area (Å²) < 4.78 is 15.4. The first-order chi connectivity index (χ1) is 11.5. The molecule has 0 aromatic heterocycles. The van der Waals surface area contributed by atoms with Crippen molar-refractivity contribution in [1.29, 1.82) is 0 Å². The predicted molar refractivity (Wildman–Crippen MR) is 83.6 cm³/mol. The van der Waals surface area contributed by atoms with Gasteiger partial charge in [0.15, 0.2) is 0 Å². The van der Waals surface area contributed by atoms with E-state index in [0.717, 1.165) is 12.8 Å². The molecule has 0 spiro atoms. The molecule has 134 valence electrons. The number of fused-ring (bicyclic) bond motifs is 2. The Morgan fingerprint density at radius 1 is 1.17 bits per heavy atom. The summed E-state index contributed by atoms with van der Waals surface area (Å²) in [6.07, 6.45) is 1.75. The molecular weight excluding hydrogens is 312 g/mol. The molecule has 1 saturated heterocycles. The Morgan fingerprint density at radius 3 is 2.50 bits per heavy atom. The third kappa shape index (κ3) is 2.85. The monoisotopic (exact) mass is 338 g/mol. The van der Waals surface area contributed by atoms with Gasteiger partial charge < -0.3 is 14.2 Å². The summed E-state index contributed by atoms with van der Waals surface area (Å²) in [5.74, 6) is -1.17. The molecule has 24 heavy (non-hydrogen) atoms. The van der Waals surface area contributed by atoms with Gasteiger partial charge >= 0.3 is 17.9 Å². The van der Waals surface area contributed by atoms with Crippen LogP contribution in [0.1, 0.15) is 33.6 Å². The molecule has 3 fully saturated rings. The molecule has 2 bridgehead atoms. The number of carbonyl (C=O) groups excluding carboxylic acids is 3. The second kappa shape index (κ2) is 6.82. The fourth-order valence-electron chi connectivity index (χ4n) is 5.09. The lowest BCUT2D eigenvalue weighted by Crippen LogP contribution is -2.39. The quantitative estimate of drug-likeness (QED) is 0.417. The summed E-state index contributed by atoms with van der Waals surface area (Å²) in [7, 11) is 0. The summed E-state index contributed by atoms with van der Waals surface area (Å²) in [5.41, 5.74) is 0. The highest BCUT2D eigenvalue weighted by molar-refractivity contribution is 5.96. The normalized spacial score (nSPS) is 40.9. The van der Waals surface area contributed by atoms with E-state index in [1.807, 2.05) is 6.92 Å². The average molecular weight is 338 g/mol. The summed E-state index contributed by atoms with van der Waals surface area (Å²) in [6.45, 7) is 7.05. The first-order valence-corrected chi connectivity index (χ1v) is 8.95. The number of hydrogen-bond donors (Lipinski definition) is 0. The van der Waals surface area contributed by atoms with Crippen LogP contribution in [0.15, 0.2) is 0 Å². The van der Waals surface area contributed by atoms with Crippen molar-refractivity contribution in [2.45, 2.75) is 33.6 Å². The molecule has 7 atom stereocenters. The summed E-state index contributed by atoms with van der Waals surface area (Å²) >= 11 is 0. The van der Waals surface area contributed by atoms with Gasteiger partial charge in [0, 0.05) is 6.61 Å². The molecule has 0 N–H and O–H groups in total. The van der Waals surface area contributed by atoms with Gasteiger partial charge in [0.25, 0.3) is 0 Å². The van der Waals surface area contributed by atoms with Crippen LogP contribution < -0.4 is 0 Å². The van der Waals surface area contributed by atoms with Crippen molar-refractivity contribution in [3.63, 3.8) is 0 Å². The molecule has 3 rings (SSSR count). The SMILES string of the molecule is CCOCCOC(=O)C1CC2CC1C(C1C(=O)OC(=O)C1C)C2C. The average Bonchev–Trinajstić information content (AvgIpc) is 3.17. The topological polar surface area (TPSA) is 78.9 Å². The molecule has 1 aliphatic heterocycles.